The Morgan fingerprint density at radius 2 is 2.16 bits per heavy atom. The van der Waals surface area contributed by atoms with Crippen LogP contribution in [0.2, 0.25) is 5.02 Å². The molecule has 0 aliphatic carbocycles. The molecule has 2 rings (SSSR count). The van der Waals surface area contributed by atoms with Crippen LogP contribution in [0.5, 0.6) is 5.75 Å². The number of benzene rings is 1. The van der Waals surface area contributed by atoms with Crippen LogP contribution in [0.25, 0.3) is 0 Å². The molecule has 0 fully saturated rings. The van der Waals surface area contributed by atoms with Crippen LogP contribution >= 0.6 is 11.6 Å². The Morgan fingerprint density at radius 3 is 2.74 bits per heavy atom. The van der Waals surface area contributed by atoms with E-state index in [-0.39, 0.29) is 0 Å². The molecule has 102 valence electrons. The van der Waals surface area contributed by atoms with E-state index in [2.05, 4.69) is 5.10 Å². The molecule has 0 saturated carbocycles. The van der Waals surface area contributed by atoms with E-state index in [9.17, 15) is 0 Å². The molecule has 0 amide bonds. The largest absolute Gasteiger partial charge is 0.485 e. The van der Waals surface area contributed by atoms with Crippen LogP contribution in [0.1, 0.15) is 23.9 Å². The fourth-order valence-corrected chi connectivity index (χ4v) is 2.34. The SMILES string of the molecule is CCc1nn(C)c(COc2c(C)cccc2N)c1Cl. The highest BCUT2D eigenvalue weighted by atomic mass is 35.5. The van der Waals surface area contributed by atoms with Crippen molar-refractivity contribution >= 4 is 17.3 Å². The van der Waals surface area contributed by atoms with E-state index in [1.54, 1.807) is 4.68 Å². The Labute approximate surface area is 118 Å². The summed E-state index contributed by atoms with van der Waals surface area (Å²) in [5.41, 5.74) is 9.31. The number of aromatic nitrogens is 2. The number of nitrogen functional groups attached to an aromatic ring is 1. The lowest BCUT2D eigenvalue weighted by atomic mass is 10.2. The number of nitrogens with zero attached hydrogens (tertiary/aromatic N) is 2. The molecule has 2 N–H and O–H groups in total. The van der Waals surface area contributed by atoms with Crippen LogP contribution in [0.4, 0.5) is 5.69 Å². The Balaban J connectivity index is 2.22. The van der Waals surface area contributed by atoms with Crippen molar-refractivity contribution in [2.75, 3.05) is 5.73 Å². The van der Waals surface area contributed by atoms with E-state index in [0.717, 1.165) is 23.4 Å². The highest BCUT2D eigenvalue weighted by molar-refractivity contribution is 6.31. The lowest BCUT2D eigenvalue weighted by Crippen LogP contribution is -2.05. The van der Waals surface area contributed by atoms with Gasteiger partial charge in [-0.15, -0.1) is 0 Å². The zero-order valence-corrected chi connectivity index (χ0v) is 12.2. The van der Waals surface area contributed by atoms with Crippen molar-refractivity contribution in [2.24, 2.45) is 7.05 Å². The number of nitrogens with two attached hydrogens (primary N) is 1. The van der Waals surface area contributed by atoms with Gasteiger partial charge < -0.3 is 10.5 Å². The van der Waals surface area contributed by atoms with Crippen molar-refractivity contribution in [3.05, 3.63) is 40.2 Å². The first-order valence-corrected chi connectivity index (χ1v) is 6.60. The molecule has 0 atom stereocenters. The van der Waals surface area contributed by atoms with E-state index in [1.165, 1.54) is 0 Å². The second-order valence-corrected chi connectivity index (χ2v) is 4.84. The van der Waals surface area contributed by atoms with Gasteiger partial charge in [0.05, 0.1) is 22.1 Å². The van der Waals surface area contributed by atoms with Gasteiger partial charge in [0.1, 0.15) is 12.4 Å². The van der Waals surface area contributed by atoms with Crippen molar-refractivity contribution < 1.29 is 4.74 Å². The molecule has 19 heavy (non-hydrogen) atoms. The summed E-state index contributed by atoms with van der Waals surface area (Å²) in [4.78, 5) is 0. The standard InChI is InChI=1S/C14H18ClN3O/c1-4-11-13(15)12(18(3)17-11)8-19-14-9(2)6-5-7-10(14)16/h5-7H,4,8,16H2,1-3H3. The number of rotatable bonds is 4. The van der Waals surface area contributed by atoms with E-state index in [0.29, 0.717) is 23.1 Å². The summed E-state index contributed by atoms with van der Waals surface area (Å²) >= 11 is 6.28. The molecule has 0 unspecified atom stereocenters. The van der Waals surface area contributed by atoms with Gasteiger partial charge in [-0.2, -0.15) is 5.10 Å². The van der Waals surface area contributed by atoms with Crippen LogP contribution in [0.3, 0.4) is 0 Å². The van der Waals surface area contributed by atoms with Gasteiger partial charge in [0, 0.05) is 7.05 Å². The molecule has 1 heterocycles. The molecule has 0 saturated heterocycles. The Morgan fingerprint density at radius 1 is 1.42 bits per heavy atom. The number of hydrogen-bond donors (Lipinski definition) is 1. The first-order chi connectivity index (χ1) is 9.04. The lowest BCUT2D eigenvalue weighted by molar-refractivity contribution is 0.294. The van der Waals surface area contributed by atoms with Gasteiger partial charge in [-0.3, -0.25) is 4.68 Å². The van der Waals surface area contributed by atoms with Crippen molar-refractivity contribution in [3.8, 4) is 5.75 Å². The van der Waals surface area contributed by atoms with Gasteiger partial charge in [0.25, 0.3) is 0 Å². The minimum absolute atomic E-state index is 0.359. The fraction of sp³-hybridized carbons (Fsp3) is 0.357. The maximum Gasteiger partial charge on any atom is 0.145 e. The molecule has 0 bridgehead atoms. The summed E-state index contributed by atoms with van der Waals surface area (Å²) in [6.07, 6.45) is 0.805. The summed E-state index contributed by atoms with van der Waals surface area (Å²) in [5.74, 6) is 0.706. The molecule has 1 aromatic carbocycles. The Kier molecular flexibility index (Phi) is 4.00. The van der Waals surface area contributed by atoms with Gasteiger partial charge >= 0.3 is 0 Å². The highest BCUT2D eigenvalue weighted by Gasteiger charge is 2.14. The molecule has 4 nitrogen and oxygen atoms in total. The molecule has 0 spiro atoms. The molecule has 1 aromatic heterocycles. The quantitative estimate of drug-likeness (QED) is 0.875. The lowest BCUT2D eigenvalue weighted by Gasteiger charge is -2.11. The number of hydrogen-bond acceptors (Lipinski definition) is 3. The zero-order valence-electron chi connectivity index (χ0n) is 11.4. The molecule has 0 aliphatic heterocycles. The number of aryl methyl sites for hydroxylation is 3. The van der Waals surface area contributed by atoms with Gasteiger partial charge in [0.15, 0.2) is 0 Å². The van der Waals surface area contributed by atoms with E-state index < -0.39 is 0 Å². The average molecular weight is 280 g/mol. The minimum atomic E-state index is 0.359. The van der Waals surface area contributed by atoms with E-state index >= 15 is 0 Å². The number of para-hydroxylation sites is 1. The summed E-state index contributed by atoms with van der Waals surface area (Å²) in [5, 5.41) is 5.04. The maximum absolute atomic E-state index is 6.28. The Hall–Kier alpha value is -1.68. The molecular formula is C14H18ClN3O. The fourth-order valence-electron chi connectivity index (χ4n) is 1.99. The Bertz CT molecular complexity index is 572. The van der Waals surface area contributed by atoms with Crippen molar-refractivity contribution in [1.29, 1.82) is 0 Å². The summed E-state index contributed by atoms with van der Waals surface area (Å²) in [6.45, 7) is 4.35. The van der Waals surface area contributed by atoms with Crippen molar-refractivity contribution in [3.63, 3.8) is 0 Å². The smallest absolute Gasteiger partial charge is 0.145 e. The van der Waals surface area contributed by atoms with Crippen LogP contribution < -0.4 is 10.5 Å². The first kappa shape index (κ1) is 13.7. The normalized spacial score (nSPS) is 10.7. The molecule has 5 heteroatoms. The monoisotopic (exact) mass is 279 g/mol. The molecule has 0 radical (unpaired) electrons. The predicted octanol–water partition coefficient (Wildman–Crippen LogP) is 3.11. The predicted molar refractivity (Wildman–Crippen MR) is 77.5 cm³/mol. The van der Waals surface area contributed by atoms with Crippen LogP contribution in [0.15, 0.2) is 18.2 Å². The average Bonchev–Trinajstić information content (AvgIpc) is 2.65. The van der Waals surface area contributed by atoms with Crippen molar-refractivity contribution in [1.82, 2.24) is 9.78 Å². The van der Waals surface area contributed by atoms with Crippen LogP contribution in [0, 0.1) is 6.92 Å². The molecule has 0 aliphatic rings. The molecular weight excluding hydrogens is 262 g/mol. The summed E-state index contributed by atoms with van der Waals surface area (Å²) < 4.78 is 7.56. The minimum Gasteiger partial charge on any atom is -0.485 e. The van der Waals surface area contributed by atoms with E-state index in [4.69, 9.17) is 22.1 Å². The highest BCUT2D eigenvalue weighted by Crippen LogP contribution is 2.28. The second-order valence-electron chi connectivity index (χ2n) is 4.47. The van der Waals surface area contributed by atoms with Gasteiger partial charge in [-0.25, -0.2) is 0 Å². The number of halogens is 1. The van der Waals surface area contributed by atoms with Crippen molar-refractivity contribution in [2.45, 2.75) is 26.9 Å². The zero-order chi connectivity index (χ0) is 14.0. The third-order valence-corrected chi connectivity index (χ3v) is 3.53. The maximum atomic E-state index is 6.28. The summed E-state index contributed by atoms with van der Waals surface area (Å²) in [7, 11) is 1.87. The topological polar surface area (TPSA) is 53.1 Å². The van der Waals surface area contributed by atoms with E-state index in [1.807, 2.05) is 39.1 Å². The third-order valence-electron chi connectivity index (χ3n) is 3.10. The van der Waals surface area contributed by atoms with Gasteiger partial charge in [-0.05, 0) is 25.0 Å². The van der Waals surface area contributed by atoms with Gasteiger partial charge in [0.2, 0.25) is 0 Å². The first-order valence-electron chi connectivity index (χ1n) is 6.22. The van der Waals surface area contributed by atoms with Gasteiger partial charge in [-0.1, -0.05) is 30.7 Å². The number of ether oxygens (including phenoxy) is 1. The summed E-state index contributed by atoms with van der Waals surface area (Å²) in [6, 6.07) is 5.70. The third kappa shape index (κ3) is 2.68. The second kappa shape index (κ2) is 5.53. The number of anilines is 1. The van der Waals surface area contributed by atoms with Crippen LogP contribution in [-0.2, 0) is 20.1 Å². The molecule has 2 aromatic rings. The van der Waals surface area contributed by atoms with Crippen LogP contribution in [-0.4, -0.2) is 9.78 Å².